The van der Waals surface area contributed by atoms with Crippen molar-refractivity contribution in [2.24, 2.45) is 7.05 Å². The molecule has 1 aromatic carbocycles. The fourth-order valence-corrected chi connectivity index (χ4v) is 2.35. The standard InChI is InChI=1S/C14H13N3O/c1-9-16-12(8-15)14(17(9)2)11-3-4-13-10(7-11)5-6-18-13/h3-4,7H,5-6H2,1-2H3. The summed E-state index contributed by atoms with van der Waals surface area (Å²) in [5.74, 6) is 1.80. The Hall–Kier alpha value is -2.28. The van der Waals surface area contributed by atoms with E-state index in [0.717, 1.165) is 35.9 Å². The van der Waals surface area contributed by atoms with E-state index in [9.17, 15) is 0 Å². The quantitative estimate of drug-likeness (QED) is 0.766. The highest BCUT2D eigenvalue weighted by Gasteiger charge is 2.17. The van der Waals surface area contributed by atoms with Gasteiger partial charge in [0.15, 0.2) is 5.69 Å². The Morgan fingerprint density at radius 2 is 2.28 bits per heavy atom. The summed E-state index contributed by atoms with van der Waals surface area (Å²) in [7, 11) is 1.93. The number of rotatable bonds is 1. The van der Waals surface area contributed by atoms with Crippen molar-refractivity contribution in [1.29, 1.82) is 5.26 Å². The molecular formula is C14H13N3O. The van der Waals surface area contributed by atoms with Crippen LogP contribution in [-0.2, 0) is 13.5 Å². The molecule has 1 aliphatic heterocycles. The lowest BCUT2D eigenvalue weighted by atomic mass is 10.1. The summed E-state index contributed by atoms with van der Waals surface area (Å²) in [6.07, 6.45) is 0.932. The second-order valence-electron chi connectivity index (χ2n) is 4.45. The minimum absolute atomic E-state index is 0.480. The molecular weight excluding hydrogens is 226 g/mol. The van der Waals surface area contributed by atoms with Gasteiger partial charge in [-0.05, 0) is 30.7 Å². The predicted molar refractivity (Wildman–Crippen MR) is 67.3 cm³/mol. The van der Waals surface area contributed by atoms with E-state index in [1.54, 1.807) is 0 Å². The Bertz CT molecular complexity index is 664. The lowest BCUT2D eigenvalue weighted by Gasteiger charge is -2.06. The first kappa shape index (κ1) is 10.8. The summed E-state index contributed by atoms with van der Waals surface area (Å²) in [6.45, 7) is 2.65. The van der Waals surface area contributed by atoms with Gasteiger partial charge in [0.2, 0.25) is 0 Å². The highest BCUT2D eigenvalue weighted by Crippen LogP contribution is 2.31. The Balaban J connectivity index is 2.19. The summed E-state index contributed by atoms with van der Waals surface area (Å²) in [5, 5.41) is 9.16. The van der Waals surface area contributed by atoms with E-state index in [4.69, 9.17) is 10.00 Å². The van der Waals surface area contributed by atoms with Crippen LogP contribution in [0.25, 0.3) is 11.3 Å². The van der Waals surface area contributed by atoms with Crippen molar-refractivity contribution in [3.05, 3.63) is 35.3 Å². The number of benzene rings is 1. The fourth-order valence-electron chi connectivity index (χ4n) is 2.35. The van der Waals surface area contributed by atoms with Crippen LogP contribution in [-0.4, -0.2) is 16.2 Å². The van der Waals surface area contributed by atoms with Gasteiger partial charge in [0.05, 0.1) is 12.3 Å². The number of imidazole rings is 1. The van der Waals surface area contributed by atoms with Crippen molar-refractivity contribution in [2.45, 2.75) is 13.3 Å². The molecule has 0 bridgehead atoms. The van der Waals surface area contributed by atoms with Gasteiger partial charge in [-0.1, -0.05) is 0 Å². The second kappa shape index (κ2) is 3.88. The predicted octanol–water partition coefficient (Wildman–Crippen LogP) is 2.20. The molecule has 1 aliphatic rings. The first-order valence-corrected chi connectivity index (χ1v) is 5.90. The van der Waals surface area contributed by atoms with Crippen LogP contribution < -0.4 is 4.74 Å². The molecule has 2 heterocycles. The van der Waals surface area contributed by atoms with Gasteiger partial charge in [-0.25, -0.2) is 4.98 Å². The first-order valence-electron chi connectivity index (χ1n) is 5.90. The lowest BCUT2D eigenvalue weighted by Crippen LogP contribution is -1.95. The number of fused-ring (bicyclic) bond motifs is 1. The number of nitriles is 1. The van der Waals surface area contributed by atoms with E-state index >= 15 is 0 Å². The zero-order valence-corrected chi connectivity index (χ0v) is 10.4. The summed E-state index contributed by atoms with van der Waals surface area (Å²) >= 11 is 0. The second-order valence-corrected chi connectivity index (χ2v) is 4.45. The monoisotopic (exact) mass is 239 g/mol. The molecule has 0 aliphatic carbocycles. The third-order valence-electron chi connectivity index (χ3n) is 3.39. The highest BCUT2D eigenvalue weighted by molar-refractivity contribution is 5.68. The van der Waals surface area contributed by atoms with E-state index < -0.39 is 0 Å². The van der Waals surface area contributed by atoms with Gasteiger partial charge >= 0.3 is 0 Å². The number of aromatic nitrogens is 2. The molecule has 0 amide bonds. The molecule has 1 aromatic heterocycles. The average molecular weight is 239 g/mol. The number of nitrogens with zero attached hydrogens (tertiary/aromatic N) is 3. The van der Waals surface area contributed by atoms with Crippen LogP contribution in [0, 0.1) is 18.3 Å². The maximum absolute atomic E-state index is 9.16. The smallest absolute Gasteiger partial charge is 0.166 e. The van der Waals surface area contributed by atoms with Crippen molar-refractivity contribution in [3.8, 4) is 23.1 Å². The first-order chi connectivity index (χ1) is 8.70. The number of hydrogen-bond acceptors (Lipinski definition) is 3. The maximum atomic E-state index is 9.16. The van der Waals surface area contributed by atoms with Gasteiger partial charge in [0, 0.05) is 19.0 Å². The van der Waals surface area contributed by atoms with Gasteiger partial charge in [0.25, 0.3) is 0 Å². The van der Waals surface area contributed by atoms with Crippen molar-refractivity contribution < 1.29 is 4.74 Å². The molecule has 0 fully saturated rings. The SMILES string of the molecule is Cc1nc(C#N)c(-c2ccc3c(c2)CCO3)n1C. The molecule has 0 N–H and O–H groups in total. The van der Waals surface area contributed by atoms with Gasteiger partial charge < -0.3 is 9.30 Å². The molecule has 2 aromatic rings. The summed E-state index contributed by atoms with van der Waals surface area (Å²) in [6, 6.07) is 8.22. The van der Waals surface area contributed by atoms with E-state index in [1.807, 2.05) is 30.7 Å². The summed E-state index contributed by atoms with van der Waals surface area (Å²) < 4.78 is 7.45. The molecule has 0 saturated carbocycles. The maximum Gasteiger partial charge on any atom is 0.166 e. The molecule has 0 unspecified atom stereocenters. The van der Waals surface area contributed by atoms with Crippen molar-refractivity contribution in [3.63, 3.8) is 0 Å². The molecule has 0 atom stereocenters. The van der Waals surface area contributed by atoms with Crippen LogP contribution in [0.5, 0.6) is 5.75 Å². The normalized spacial score (nSPS) is 12.9. The van der Waals surface area contributed by atoms with E-state index in [2.05, 4.69) is 17.1 Å². The van der Waals surface area contributed by atoms with Crippen LogP contribution in [0.3, 0.4) is 0 Å². The molecule has 90 valence electrons. The Kier molecular flexibility index (Phi) is 2.34. The molecule has 18 heavy (non-hydrogen) atoms. The molecule has 0 saturated heterocycles. The number of ether oxygens (including phenoxy) is 1. The van der Waals surface area contributed by atoms with Crippen LogP contribution in [0.4, 0.5) is 0 Å². The highest BCUT2D eigenvalue weighted by atomic mass is 16.5. The number of aryl methyl sites for hydroxylation is 1. The Labute approximate surface area is 105 Å². The largest absolute Gasteiger partial charge is 0.493 e. The third-order valence-corrected chi connectivity index (χ3v) is 3.39. The zero-order valence-electron chi connectivity index (χ0n) is 10.4. The van der Waals surface area contributed by atoms with E-state index in [-0.39, 0.29) is 0 Å². The minimum atomic E-state index is 0.480. The molecule has 3 rings (SSSR count). The fraction of sp³-hybridized carbons (Fsp3) is 0.286. The third kappa shape index (κ3) is 1.48. The van der Waals surface area contributed by atoms with Crippen LogP contribution in [0.15, 0.2) is 18.2 Å². The van der Waals surface area contributed by atoms with Crippen LogP contribution in [0.1, 0.15) is 17.1 Å². The van der Waals surface area contributed by atoms with Crippen LogP contribution in [0.2, 0.25) is 0 Å². The lowest BCUT2D eigenvalue weighted by molar-refractivity contribution is 0.357. The number of hydrogen-bond donors (Lipinski definition) is 0. The molecule has 4 nitrogen and oxygen atoms in total. The summed E-state index contributed by atoms with van der Waals surface area (Å²) in [4.78, 5) is 4.27. The van der Waals surface area contributed by atoms with E-state index in [1.165, 1.54) is 5.56 Å². The Morgan fingerprint density at radius 1 is 1.44 bits per heavy atom. The molecule has 0 spiro atoms. The zero-order chi connectivity index (χ0) is 12.7. The topological polar surface area (TPSA) is 50.8 Å². The van der Waals surface area contributed by atoms with Crippen molar-refractivity contribution in [2.75, 3.05) is 6.61 Å². The van der Waals surface area contributed by atoms with Gasteiger partial charge in [-0.15, -0.1) is 0 Å². The summed E-state index contributed by atoms with van der Waals surface area (Å²) in [5.41, 5.74) is 3.59. The van der Waals surface area contributed by atoms with Gasteiger partial charge in [0.1, 0.15) is 17.6 Å². The van der Waals surface area contributed by atoms with E-state index in [0.29, 0.717) is 5.69 Å². The molecule has 0 radical (unpaired) electrons. The van der Waals surface area contributed by atoms with Crippen LogP contribution >= 0.6 is 0 Å². The van der Waals surface area contributed by atoms with Crippen molar-refractivity contribution >= 4 is 0 Å². The Morgan fingerprint density at radius 3 is 3.06 bits per heavy atom. The average Bonchev–Trinajstić information content (AvgIpc) is 2.94. The molecule has 4 heteroatoms. The van der Waals surface area contributed by atoms with Crippen molar-refractivity contribution in [1.82, 2.24) is 9.55 Å². The van der Waals surface area contributed by atoms with Gasteiger partial charge in [-0.2, -0.15) is 5.26 Å². The minimum Gasteiger partial charge on any atom is -0.493 e. The van der Waals surface area contributed by atoms with Gasteiger partial charge in [-0.3, -0.25) is 0 Å².